The molecule has 0 saturated heterocycles. The van der Waals surface area contributed by atoms with Crippen LogP contribution in [0.25, 0.3) is 0 Å². The first kappa shape index (κ1) is 14.3. The third-order valence-electron chi connectivity index (χ3n) is 2.37. The fourth-order valence-electron chi connectivity index (χ4n) is 1.40. The SMILES string of the molecule is CCc1[nH]nc(C(=O)NCCCC(F)(F)F)c1N. The average Bonchev–Trinajstić information content (AvgIpc) is 2.64. The minimum absolute atomic E-state index is 0.0267. The smallest absolute Gasteiger partial charge is 0.389 e. The number of H-pyrrole nitrogens is 1. The number of rotatable bonds is 5. The van der Waals surface area contributed by atoms with Gasteiger partial charge in [-0.25, -0.2) is 0 Å². The maximum Gasteiger partial charge on any atom is 0.389 e. The molecule has 0 bridgehead atoms. The number of anilines is 1. The molecule has 0 radical (unpaired) electrons. The van der Waals surface area contributed by atoms with E-state index < -0.39 is 18.5 Å². The summed E-state index contributed by atoms with van der Waals surface area (Å²) in [5.74, 6) is -0.564. The van der Waals surface area contributed by atoms with E-state index in [4.69, 9.17) is 5.73 Å². The van der Waals surface area contributed by atoms with Gasteiger partial charge in [0.25, 0.3) is 5.91 Å². The summed E-state index contributed by atoms with van der Waals surface area (Å²) in [6, 6.07) is 0. The molecule has 0 fully saturated rings. The Morgan fingerprint density at radius 1 is 1.50 bits per heavy atom. The summed E-state index contributed by atoms with van der Waals surface area (Å²) in [6.07, 6.45) is -4.70. The van der Waals surface area contributed by atoms with Gasteiger partial charge in [-0.3, -0.25) is 9.89 Å². The Morgan fingerprint density at radius 2 is 2.17 bits per heavy atom. The monoisotopic (exact) mass is 264 g/mol. The van der Waals surface area contributed by atoms with Gasteiger partial charge in [-0.15, -0.1) is 0 Å². The standard InChI is InChI=1S/C10H15F3N4O/c1-2-6-7(14)8(17-16-6)9(18)15-5-3-4-10(11,12)13/h2-5,14H2,1H3,(H,15,18)(H,16,17). The van der Waals surface area contributed by atoms with E-state index in [1.54, 1.807) is 0 Å². The quantitative estimate of drug-likeness (QED) is 0.707. The summed E-state index contributed by atoms with van der Waals surface area (Å²) in [5, 5.41) is 8.68. The van der Waals surface area contributed by atoms with Gasteiger partial charge in [-0.05, 0) is 12.8 Å². The number of nitrogens with two attached hydrogens (primary N) is 1. The first-order valence-electron chi connectivity index (χ1n) is 5.52. The molecule has 5 nitrogen and oxygen atoms in total. The molecule has 1 aromatic heterocycles. The van der Waals surface area contributed by atoms with Crippen LogP contribution in [-0.4, -0.2) is 28.8 Å². The van der Waals surface area contributed by atoms with Gasteiger partial charge in [0.05, 0.1) is 11.4 Å². The molecule has 8 heteroatoms. The summed E-state index contributed by atoms with van der Waals surface area (Å²) in [5.41, 5.74) is 6.56. The van der Waals surface area contributed by atoms with Crippen molar-refractivity contribution in [3.05, 3.63) is 11.4 Å². The molecular weight excluding hydrogens is 249 g/mol. The predicted octanol–water partition coefficient (Wildman–Crippen LogP) is 1.63. The Labute approximate surface area is 102 Å². The number of hydrogen-bond acceptors (Lipinski definition) is 3. The van der Waals surface area contributed by atoms with Crippen LogP contribution in [0.2, 0.25) is 0 Å². The van der Waals surface area contributed by atoms with Crippen molar-refractivity contribution >= 4 is 11.6 Å². The highest BCUT2D eigenvalue weighted by molar-refractivity contribution is 5.97. The zero-order chi connectivity index (χ0) is 13.8. The molecule has 0 aliphatic heterocycles. The van der Waals surface area contributed by atoms with E-state index in [1.807, 2.05) is 6.92 Å². The average molecular weight is 264 g/mol. The maximum absolute atomic E-state index is 11.9. The zero-order valence-electron chi connectivity index (χ0n) is 9.90. The van der Waals surface area contributed by atoms with Gasteiger partial charge in [0.1, 0.15) is 0 Å². The number of hydrogen-bond donors (Lipinski definition) is 3. The summed E-state index contributed by atoms with van der Waals surface area (Å²) in [7, 11) is 0. The van der Waals surface area contributed by atoms with Crippen LogP contribution in [0.15, 0.2) is 0 Å². The number of carbonyl (C=O) groups is 1. The first-order valence-corrected chi connectivity index (χ1v) is 5.52. The van der Waals surface area contributed by atoms with E-state index in [2.05, 4.69) is 15.5 Å². The number of aryl methyl sites for hydroxylation is 1. The lowest BCUT2D eigenvalue weighted by Crippen LogP contribution is -2.26. The Bertz CT molecular complexity index is 414. The Balaban J connectivity index is 2.44. The Hall–Kier alpha value is -1.73. The van der Waals surface area contributed by atoms with Crippen molar-refractivity contribution < 1.29 is 18.0 Å². The number of halogens is 3. The van der Waals surface area contributed by atoms with Crippen LogP contribution in [0.5, 0.6) is 0 Å². The molecule has 1 rings (SSSR count). The minimum Gasteiger partial charge on any atom is -0.395 e. The molecule has 0 aliphatic rings. The lowest BCUT2D eigenvalue weighted by atomic mass is 10.2. The van der Waals surface area contributed by atoms with E-state index in [-0.39, 0.29) is 24.3 Å². The van der Waals surface area contributed by atoms with Gasteiger partial charge >= 0.3 is 6.18 Å². The van der Waals surface area contributed by atoms with Crippen LogP contribution in [0.1, 0.15) is 35.9 Å². The van der Waals surface area contributed by atoms with E-state index in [0.717, 1.165) is 0 Å². The second-order valence-electron chi connectivity index (χ2n) is 3.79. The fraction of sp³-hybridized carbons (Fsp3) is 0.600. The lowest BCUT2D eigenvalue weighted by molar-refractivity contribution is -0.135. The van der Waals surface area contributed by atoms with Crippen molar-refractivity contribution in [3.8, 4) is 0 Å². The van der Waals surface area contributed by atoms with Gasteiger partial charge in [0.2, 0.25) is 0 Å². The molecule has 18 heavy (non-hydrogen) atoms. The molecule has 4 N–H and O–H groups in total. The molecular formula is C10H15F3N4O. The summed E-state index contributed by atoms with van der Waals surface area (Å²) in [6.45, 7) is 1.78. The summed E-state index contributed by atoms with van der Waals surface area (Å²) in [4.78, 5) is 11.6. The normalized spacial score (nSPS) is 11.6. The highest BCUT2D eigenvalue weighted by Gasteiger charge is 2.26. The van der Waals surface area contributed by atoms with Gasteiger partial charge in [-0.2, -0.15) is 18.3 Å². The van der Waals surface area contributed by atoms with Crippen LogP contribution in [0.4, 0.5) is 18.9 Å². The van der Waals surface area contributed by atoms with E-state index >= 15 is 0 Å². The third kappa shape index (κ3) is 3.94. The summed E-state index contributed by atoms with van der Waals surface area (Å²) >= 11 is 0. The highest BCUT2D eigenvalue weighted by Crippen LogP contribution is 2.20. The Kier molecular flexibility index (Phi) is 4.57. The lowest BCUT2D eigenvalue weighted by Gasteiger charge is -2.06. The molecule has 0 spiro atoms. The van der Waals surface area contributed by atoms with Gasteiger partial charge in [0.15, 0.2) is 5.69 Å². The number of alkyl halides is 3. The second-order valence-corrected chi connectivity index (χ2v) is 3.79. The van der Waals surface area contributed by atoms with Crippen molar-refractivity contribution in [1.29, 1.82) is 0 Å². The van der Waals surface area contributed by atoms with E-state index in [1.165, 1.54) is 0 Å². The minimum atomic E-state index is -4.20. The molecule has 0 saturated carbocycles. The number of nitrogens with one attached hydrogen (secondary N) is 2. The molecule has 1 heterocycles. The number of nitrogen functional groups attached to an aromatic ring is 1. The molecule has 102 valence electrons. The van der Waals surface area contributed by atoms with Crippen molar-refractivity contribution in [2.24, 2.45) is 0 Å². The maximum atomic E-state index is 11.9. The van der Waals surface area contributed by atoms with Gasteiger partial charge in [-0.1, -0.05) is 6.92 Å². The predicted molar refractivity (Wildman–Crippen MR) is 60.0 cm³/mol. The van der Waals surface area contributed by atoms with Crippen LogP contribution in [0.3, 0.4) is 0 Å². The molecule has 0 aromatic carbocycles. The summed E-state index contributed by atoms with van der Waals surface area (Å²) < 4.78 is 35.6. The van der Waals surface area contributed by atoms with Crippen LogP contribution < -0.4 is 11.1 Å². The van der Waals surface area contributed by atoms with Crippen molar-refractivity contribution in [3.63, 3.8) is 0 Å². The van der Waals surface area contributed by atoms with Crippen LogP contribution in [0, 0.1) is 0 Å². The number of nitrogens with zero attached hydrogens (tertiary/aromatic N) is 1. The van der Waals surface area contributed by atoms with Crippen molar-refractivity contribution in [2.75, 3.05) is 12.3 Å². The topological polar surface area (TPSA) is 83.8 Å². The highest BCUT2D eigenvalue weighted by atomic mass is 19.4. The molecule has 0 atom stereocenters. The molecule has 1 aromatic rings. The van der Waals surface area contributed by atoms with Crippen molar-refractivity contribution in [2.45, 2.75) is 32.4 Å². The van der Waals surface area contributed by atoms with Gasteiger partial charge < -0.3 is 11.1 Å². The van der Waals surface area contributed by atoms with E-state index in [0.29, 0.717) is 12.1 Å². The Morgan fingerprint density at radius 3 is 2.67 bits per heavy atom. The van der Waals surface area contributed by atoms with Crippen molar-refractivity contribution in [1.82, 2.24) is 15.5 Å². The molecule has 0 aliphatic carbocycles. The van der Waals surface area contributed by atoms with E-state index in [9.17, 15) is 18.0 Å². The number of aromatic amines is 1. The number of aromatic nitrogens is 2. The largest absolute Gasteiger partial charge is 0.395 e. The fourth-order valence-corrected chi connectivity index (χ4v) is 1.40. The third-order valence-corrected chi connectivity index (χ3v) is 2.37. The first-order chi connectivity index (χ1) is 8.35. The van der Waals surface area contributed by atoms with Gasteiger partial charge in [0, 0.05) is 13.0 Å². The van der Waals surface area contributed by atoms with Crippen LogP contribution >= 0.6 is 0 Å². The number of amides is 1. The second kappa shape index (κ2) is 5.74. The zero-order valence-corrected chi connectivity index (χ0v) is 9.90. The number of carbonyl (C=O) groups excluding carboxylic acids is 1. The molecule has 0 unspecified atom stereocenters. The molecule has 1 amide bonds. The van der Waals surface area contributed by atoms with Crippen LogP contribution in [-0.2, 0) is 6.42 Å².